The van der Waals surface area contributed by atoms with Crippen LogP contribution in [0.2, 0.25) is 0 Å². The quantitative estimate of drug-likeness (QED) is 0.765. The van der Waals surface area contributed by atoms with E-state index in [9.17, 15) is 0 Å². The Morgan fingerprint density at radius 2 is 1.81 bits per heavy atom. The molecular weight excluding hydrogens is 326 g/mol. The molecule has 2 nitrogen and oxygen atoms in total. The van der Waals surface area contributed by atoms with E-state index in [0.29, 0.717) is 5.92 Å². The van der Waals surface area contributed by atoms with Gasteiger partial charge in [0.1, 0.15) is 11.5 Å². The van der Waals surface area contributed by atoms with Gasteiger partial charge in [0.2, 0.25) is 0 Å². The van der Waals surface area contributed by atoms with Gasteiger partial charge in [-0.15, -0.1) is 0 Å². The average molecular weight is 348 g/mol. The number of nitrogens with one attached hydrogen (secondary N) is 1. The molecule has 21 heavy (non-hydrogen) atoms. The largest absolute Gasteiger partial charge is 0.457 e. The summed E-state index contributed by atoms with van der Waals surface area (Å²) >= 11 is 3.46. The molecule has 0 aliphatic rings. The molecule has 2 rings (SSSR count). The minimum Gasteiger partial charge on any atom is -0.457 e. The van der Waals surface area contributed by atoms with Crippen molar-refractivity contribution in [2.75, 3.05) is 6.54 Å². The maximum Gasteiger partial charge on any atom is 0.130 e. The molecule has 0 unspecified atom stereocenters. The van der Waals surface area contributed by atoms with Crippen LogP contribution in [0.3, 0.4) is 0 Å². The summed E-state index contributed by atoms with van der Waals surface area (Å²) in [6, 6.07) is 14.3. The zero-order valence-electron chi connectivity index (χ0n) is 12.8. The summed E-state index contributed by atoms with van der Waals surface area (Å²) in [6.45, 7) is 8.41. The van der Waals surface area contributed by atoms with Gasteiger partial charge in [-0.05, 0) is 60.8 Å². The molecule has 0 spiro atoms. The SMILES string of the molecule is Cc1cc(Br)ccc1Oc1ccc(CNCC(C)C)cc1. The predicted octanol–water partition coefficient (Wildman–Crippen LogP) is 5.30. The summed E-state index contributed by atoms with van der Waals surface area (Å²) in [5.41, 5.74) is 2.39. The van der Waals surface area contributed by atoms with Crippen molar-refractivity contribution in [3.63, 3.8) is 0 Å². The van der Waals surface area contributed by atoms with E-state index in [1.807, 2.05) is 31.2 Å². The summed E-state index contributed by atoms with van der Waals surface area (Å²) < 4.78 is 6.99. The van der Waals surface area contributed by atoms with E-state index in [1.54, 1.807) is 0 Å². The van der Waals surface area contributed by atoms with Crippen LogP contribution in [0, 0.1) is 12.8 Å². The molecular formula is C18H22BrNO. The van der Waals surface area contributed by atoms with Gasteiger partial charge in [0.15, 0.2) is 0 Å². The van der Waals surface area contributed by atoms with E-state index in [2.05, 4.69) is 53.3 Å². The molecule has 0 radical (unpaired) electrons. The van der Waals surface area contributed by atoms with Crippen molar-refractivity contribution < 1.29 is 4.74 Å². The lowest BCUT2D eigenvalue weighted by atomic mass is 10.2. The maximum absolute atomic E-state index is 5.92. The molecule has 0 bridgehead atoms. The topological polar surface area (TPSA) is 21.3 Å². The molecule has 0 saturated carbocycles. The average Bonchev–Trinajstić information content (AvgIpc) is 2.43. The van der Waals surface area contributed by atoms with Crippen molar-refractivity contribution in [3.05, 3.63) is 58.1 Å². The van der Waals surface area contributed by atoms with E-state index in [1.165, 1.54) is 5.56 Å². The third kappa shape index (κ3) is 5.18. The number of benzene rings is 2. The second-order valence-corrected chi connectivity index (χ2v) is 6.60. The highest BCUT2D eigenvalue weighted by Gasteiger charge is 2.02. The molecule has 0 heterocycles. The number of rotatable bonds is 6. The highest BCUT2D eigenvalue weighted by molar-refractivity contribution is 9.10. The lowest BCUT2D eigenvalue weighted by Crippen LogP contribution is -2.18. The molecule has 1 N–H and O–H groups in total. The molecule has 2 aromatic rings. The fourth-order valence-electron chi connectivity index (χ4n) is 2.03. The first-order valence-corrected chi connectivity index (χ1v) is 8.07. The van der Waals surface area contributed by atoms with Gasteiger partial charge in [-0.25, -0.2) is 0 Å². The van der Waals surface area contributed by atoms with Crippen LogP contribution in [0.1, 0.15) is 25.0 Å². The predicted molar refractivity (Wildman–Crippen MR) is 91.9 cm³/mol. The van der Waals surface area contributed by atoms with Crippen molar-refractivity contribution in [1.82, 2.24) is 5.32 Å². The van der Waals surface area contributed by atoms with Crippen molar-refractivity contribution in [1.29, 1.82) is 0 Å². The van der Waals surface area contributed by atoms with Crippen molar-refractivity contribution >= 4 is 15.9 Å². The minimum atomic E-state index is 0.674. The highest BCUT2D eigenvalue weighted by atomic mass is 79.9. The second kappa shape index (κ2) is 7.62. The zero-order chi connectivity index (χ0) is 15.2. The molecule has 3 heteroatoms. The fraction of sp³-hybridized carbons (Fsp3) is 0.333. The smallest absolute Gasteiger partial charge is 0.130 e. The number of hydrogen-bond donors (Lipinski definition) is 1. The lowest BCUT2D eigenvalue weighted by Gasteiger charge is -2.10. The van der Waals surface area contributed by atoms with Gasteiger partial charge in [-0.2, -0.15) is 0 Å². The number of hydrogen-bond acceptors (Lipinski definition) is 2. The van der Waals surface area contributed by atoms with E-state index < -0.39 is 0 Å². The van der Waals surface area contributed by atoms with Crippen LogP contribution < -0.4 is 10.1 Å². The Morgan fingerprint density at radius 3 is 2.43 bits per heavy atom. The highest BCUT2D eigenvalue weighted by Crippen LogP contribution is 2.27. The molecule has 112 valence electrons. The summed E-state index contributed by atoms with van der Waals surface area (Å²) in [5.74, 6) is 2.44. The number of halogens is 1. The normalized spacial score (nSPS) is 10.9. The van der Waals surface area contributed by atoms with Crippen LogP contribution in [0.5, 0.6) is 11.5 Å². The Balaban J connectivity index is 1.95. The molecule has 0 aromatic heterocycles. The Bertz CT molecular complexity index is 578. The monoisotopic (exact) mass is 347 g/mol. The fourth-order valence-corrected chi connectivity index (χ4v) is 2.51. The molecule has 0 aliphatic heterocycles. The molecule has 0 fully saturated rings. The maximum atomic E-state index is 5.92. The van der Waals surface area contributed by atoms with Gasteiger partial charge in [0, 0.05) is 11.0 Å². The second-order valence-electron chi connectivity index (χ2n) is 5.68. The van der Waals surface area contributed by atoms with Crippen molar-refractivity contribution in [3.8, 4) is 11.5 Å². The van der Waals surface area contributed by atoms with Crippen LogP contribution >= 0.6 is 15.9 Å². The van der Waals surface area contributed by atoms with E-state index in [-0.39, 0.29) is 0 Å². The van der Waals surface area contributed by atoms with Crippen molar-refractivity contribution in [2.24, 2.45) is 5.92 Å². The minimum absolute atomic E-state index is 0.674. The zero-order valence-corrected chi connectivity index (χ0v) is 14.4. The number of ether oxygens (including phenoxy) is 1. The lowest BCUT2D eigenvalue weighted by molar-refractivity contribution is 0.478. The van der Waals surface area contributed by atoms with Gasteiger partial charge in [-0.3, -0.25) is 0 Å². The molecule has 0 aliphatic carbocycles. The number of aryl methyl sites for hydroxylation is 1. The summed E-state index contributed by atoms with van der Waals surface area (Å²) in [5, 5.41) is 3.44. The van der Waals surface area contributed by atoms with E-state index >= 15 is 0 Å². The van der Waals surface area contributed by atoms with Crippen LogP contribution in [-0.4, -0.2) is 6.54 Å². The Labute approximate surface area is 135 Å². The third-order valence-electron chi connectivity index (χ3n) is 3.17. The molecule has 0 amide bonds. The van der Waals surface area contributed by atoms with Gasteiger partial charge < -0.3 is 10.1 Å². The van der Waals surface area contributed by atoms with Gasteiger partial charge in [0.05, 0.1) is 0 Å². The summed E-state index contributed by atoms with van der Waals surface area (Å²) in [4.78, 5) is 0. The van der Waals surface area contributed by atoms with E-state index in [4.69, 9.17) is 4.74 Å². The molecule has 0 saturated heterocycles. The molecule has 2 aromatic carbocycles. The van der Waals surface area contributed by atoms with Gasteiger partial charge in [-0.1, -0.05) is 41.9 Å². The summed E-state index contributed by atoms with van der Waals surface area (Å²) in [6.07, 6.45) is 0. The first kappa shape index (κ1) is 16.1. The van der Waals surface area contributed by atoms with Crippen LogP contribution in [0.25, 0.3) is 0 Å². The summed E-state index contributed by atoms with van der Waals surface area (Å²) in [7, 11) is 0. The van der Waals surface area contributed by atoms with E-state index in [0.717, 1.165) is 34.6 Å². The van der Waals surface area contributed by atoms with Gasteiger partial charge in [0.25, 0.3) is 0 Å². The van der Waals surface area contributed by atoms with Crippen LogP contribution in [-0.2, 0) is 6.54 Å². The van der Waals surface area contributed by atoms with Gasteiger partial charge >= 0.3 is 0 Å². The first-order chi connectivity index (χ1) is 10.0. The first-order valence-electron chi connectivity index (χ1n) is 7.28. The Kier molecular flexibility index (Phi) is 5.83. The Morgan fingerprint density at radius 1 is 1.10 bits per heavy atom. The standard InChI is InChI=1S/C18H22BrNO/c1-13(2)11-20-12-15-4-7-17(8-5-15)21-18-9-6-16(19)10-14(18)3/h4-10,13,20H,11-12H2,1-3H3. The molecule has 0 atom stereocenters. The Hall–Kier alpha value is -1.32. The van der Waals surface area contributed by atoms with Crippen molar-refractivity contribution in [2.45, 2.75) is 27.3 Å². The van der Waals surface area contributed by atoms with Crippen LogP contribution in [0.4, 0.5) is 0 Å². The third-order valence-corrected chi connectivity index (χ3v) is 3.66. The van der Waals surface area contributed by atoms with Crippen LogP contribution in [0.15, 0.2) is 46.9 Å².